The number of aromatic hydroxyl groups is 1. The van der Waals surface area contributed by atoms with E-state index >= 15 is 0 Å². The molecule has 0 heterocycles. The molecule has 104 valence electrons. The van der Waals surface area contributed by atoms with Crippen molar-refractivity contribution in [2.24, 2.45) is 5.11 Å². The lowest BCUT2D eigenvalue weighted by atomic mass is 10.1. The number of carbonyl (C=O) groups excluding carboxylic acids is 1. The highest BCUT2D eigenvalue weighted by Gasteiger charge is 2.14. The van der Waals surface area contributed by atoms with Gasteiger partial charge in [-0.15, -0.1) is 0 Å². The summed E-state index contributed by atoms with van der Waals surface area (Å²) in [4.78, 5) is 15.0. The van der Waals surface area contributed by atoms with Gasteiger partial charge in [-0.3, -0.25) is 4.79 Å². The molecule has 5 nitrogen and oxygen atoms in total. The maximum Gasteiger partial charge on any atom is 0.199 e. The molecule has 21 heavy (non-hydrogen) atoms. The number of ketones is 1. The van der Waals surface area contributed by atoms with Gasteiger partial charge in [0.25, 0.3) is 0 Å². The first-order valence-corrected chi connectivity index (χ1v) is 6.34. The first kappa shape index (κ1) is 14.7. The molecular weight excluding hydrogens is 290 g/mol. The zero-order valence-corrected chi connectivity index (χ0v) is 11.5. The van der Waals surface area contributed by atoms with E-state index in [9.17, 15) is 9.90 Å². The molecule has 0 aliphatic carbocycles. The molecule has 0 aliphatic rings. The van der Waals surface area contributed by atoms with Gasteiger partial charge < -0.3 is 5.11 Å². The van der Waals surface area contributed by atoms with Crippen LogP contribution in [0.2, 0.25) is 5.02 Å². The number of halogens is 1. The summed E-state index contributed by atoms with van der Waals surface area (Å²) in [6, 6.07) is 12.8. The van der Waals surface area contributed by atoms with E-state index in [4.69, 9.17) is 17.1 Å². The van der Waals surface area contributed by atoms with Crippen molar-refractivity contribution in [3.05, 3.63) is 80.8 Å². The maximum absolute atomic E-state index is 12.3. The van der Waals surface area contributed by atoms with Crippen LogP contribution in [-0.2, 0) is 0 Å². The van der Waals surface area contributed by atoms with Crippen LogP contribution in [0.4, 0.5) is 0 Å². The Morgan fingerprint density at radius 2 is 1.86 bits per heavy atom. The van der Waals surface area contributed by atoms with Gasteiger partial charge in [-0.2, -0.15) is 0 Å². The van der Waals surface area contributed by atoms with Crippen LogP contribution in [0.25, 0.3) is 16.5 Å². The number of rotatable bonds is 4. The van der Waals surface area contributed by atoms with Crippen LogP contribution in [0.3, 0.4) is 0 Å². The zero-order valence-electron chi connectivity index (χ0n) is 10.8. The third-order valence-corrected chi connectivity index (χ3v) is 2.96. The summed E-state index contributed by atoms with van der Waals surface area (Å²) in [5.74, 6) is -0.724. The van der Waals surface area contributed by atoms with Crippen molar-refractivity contribution >= 4 is 23.5 Å². The van der Waals surface area contributed by atoms with E-state index in [1.807, 2.05) is 0 Å². The number of Topliss-reactive ketones (excluding diaryl/α,β-unsaturated/α-hetero) is 1. The molecule has 0 aliphatic heterocycles. The Morgan fingerprint density at radius 3 is 2.48 bits per heavy atom. The standard InChI is InChI=1S/C15H10ClN3O2/c16-11-7-5-10(6-8-11)9-13(18-19-17)15(21)12-3-1-2-4-14(12)20/h1-9,20H/b13-9-. The molecule has 1 N–H and O–H groups in total. The van der Waals surface area contributed by atoms with E-state index in [0.29, 0.717) is 10.6 Å². The monoisotopic (exact) mass is 299 g/mol. The lowest BCUT2D eigenvalue weighted by molar-refractivity contribution is 0.103. The molecule has 0 amide bonds. The first-order chi connectivity index (χ1) is 10.1. The number of allylic oxidation sites excluding steroid dienone is 1. The van der Waals surface area contributed by atoms with E-state index in [1.54, 1.807) is 36.4 Å². The van der Waals surface area contributed by atoms with Gasteiger partial charge in [-0.1, -0.05) is 41.0 Å². The number of carbonyl (C=O) groups is 1. The molecule has 6 heteroatoms. The Balaban J connectivity index is 2.44. The van der Waals surface area contributed by atoms with Gasteiger partial charge >= 0.3 is 0 Å². The molecular formula is C15H10ClN3O2. The van der Waals surface area contributed by atoms with Crippen molar-refractivity contribution in [2.75, 3.05) is 0 Å². The van der Waals surface area contributed by atoms with Crippen molar-refractivity contribution in [3.8, 4) is 5.75 Å². The van der Waals surface area contributed by atoms with Crippen LogP contribution >= 0.6 is 11.6 Å². The molecule has 0 unspecified atom stereocenters. The van der Waals surface area contributed by atoms with Crippen molar-refractivity contribution in [3.63, 3.8) is 0 Å². The summed E-state index contributed by atoms with van der Waals surface area (Å²) in [7, 11) is 0. The van der Waals surface area contributed by atoms with Gasteiger partial charge in [-0.25, -0.2) is 0 Å². The smallest absolute Gasteiger partial charge is 0.199 e. The Kier molecular flexibility index (Phi) is 4.61. The summed E-state index contributed by atoms with van der Waals surface area (Å²) in [6.45, 7) is 0. The number of phenolic OH excluding ortho intramolecular Hbond substituents is 1. The van der Waals surface area contributed by atoms with E-state index in [0.717, 1.165) is 0 Å². The second kappa shape index (κ2) is 6.61. The third kappa shape index (κ3) is 3.63. The van der Waals surface area contributed by atoms with Crippen LogP contribution in [0.15, 0.2) is 59.3 Å². The Hall–Kier alpha value is -2.75. The first-order valence-electron chi connectivity index (χ1n) is 5.97. The molecule has 2 aromatic carbocycles. The highest BCUT2D eigenvalue weighted by atomic mass is 35.5. The number of nitrogens with zero attached hydrogens (tertiary/aromatic N) is 3. The van der Waals surface area contributed by atoms with Gasteiger partial charge in [0.2, 0.25) is 0 Å². The molecule has 0 bridgehead atoms. The number of hydrogen-bond donors (Lipinski definition) is 1. The average molecular weight is 300 g/mol. The summed E-state index contributed by atoms with van der Waals surface area (Å²) in [5, 5.41) is 13.7. The van der Waals surface area contributed by atoms with Crippen LogP contribution < -0.4 is 0 Å². The molecule has 0 spiro atoms. The van der Waals surface area contributed by atoms with Gasteiger partial charge in [-0.05, 0) is 41.4 Å². The van der Waals surface area contributed by atoms with E-state index in [2.05, 4.69) is 10.0 Å². The molecule has 0 atom stereocenters. The molecule has 0 saturated heterocycles. The number of phenols is 1. The minimum Gasteiger partial charge on any atom is -0.507 e. The average Bonchev–Trinajstić information content (AvgIpc) is 2.49. The largest absolute Gasteiger partial charge is 0.507 e. The predicted octanol–water partition coefficient (Wildman–Crippen LogP) is 4.58. The van der Waals surface area contributed by atoms with E-state index in [1.165, 1.54) is 18.2 Å². The quantitative estimate of drug-likeness (QED) is 0.294. The SMILES string of the molecule is [N-]=[N+]=N/C(=C\c1ccc(Cl)cc1)C(=O)c1ccccc1O. The van der Waals surface area contributed by atoms with Crippen LogP contribution in [-0.4, -0.2) is 10.9 Å². The molecule has 0 aromatic heterocycles. The van der Waals surface area contributed by atoms with Gasteiger partial charge in [0.1, 0.15) is 5.75 Å². The lowest BCUT2D eigenvalue weighted by Gasteiger charge is -2.04. The van der Waals surface area contributed by atoms with Gasteiger partial charge in [0.05, 0.1) is 11.3 Å². The van der Waals surface area contributed by atoms with Crippen molar-refractivity contribution in [1.29, 1.82) is 0 Å². The van der Waals surface area contributed by atoms with Crippen LogP contribution in [0.5, 0.6) is 5.75 Å². The van der Waals surface area contributed by atoms with E-state index < -0.39 is 5.78 Å². The lowest BCUT2D eigenvalue weighted by Crippen LogP contribution is -2.01. The minimum absolute atomic E-state index is 0.0742. The normalized spacial score (nSPS) is 10.8. The number of para-hydroxylation sites is 1. The van der Waals surface area contributed by atoms with Crippen LogP contribution in [0.1, 0.15) is 15.9 Å². The fraction of sp³-hybridized carbons (Fsp3) is 0. The summed E-state index contributed by atoms with van der Waals surface area (Å²) in [6.07, 6.45) is 1.44. The van der Waals surface area contributed by atoms with Crippen molar-refractivity contribution < 1.29 is 9.90 Å². The van der Waals surface area contributed by atoms with Crippen molar-refractivity contribution in [1.82, 2.24) is 0 Å². The number of azide groups is 1. The molecule has 0 saturated carbocycles. The fourth-order valence-electron chi connectivity index (χ4n) is 1.71. The molecule has 2 rings (SSSR count). The molecule has 0 fully saturated rings. The number of benzene rings is 2. The second-order valence-electron chi connectivity index (χ2n) is 4.12. The Morgan fingerprint density at radius 1 is 1.19 bits per heavy atom. The minimum atomic E-state index is -0.555. The topological polar surface area (TPSA) is 86.1 Å². The summed E-state index contributed by atoms with van der Waals surface area (Å²) < 4.78 is 0. The molecule has 2 aromatic rings. The highest BCUT2D eigenvalue weighted by molar-refractivity contribution is 6.30. The Bertz CT molecular complexity index is 748. The zero-order chi connectivity index (χ0) is 15.2. The van der Waals surface area contributed by atoms with Crippen LogP contribution in [0, 0.1) is 0 Å². The fourth-order valence-corrected chi connectivity index (χ4v) is 1.83. The number of hydrogen-bond acceptors (Lipinski definition) is 3. The highest BCUT2D eigenvalue weighted by Crippen LogP contribution is 2.22. The predicted molar refractivity (Wildman–Crippen MR) is 81.0 cm³/mol. The maximum atomic E-state index is 12.3. The summed E-state index contributed by atoms with van der Waals surface area (Å²) >= 11 is 5.79. The third-order valence-electron chi connectivity index (χ3n) is 2.71. The van der Waals surface area contributed by atoms with E-state index in [-0.39, 0.29) is 17.0 Å². The van der Waals surface area contributed by atoms with Gasteiger partial charge in [0, 0.05) is 9.93 Å². The summed E-state index contributed by atoms with van der Waals surface area (Å²) in [5.41, 5.74) is 9.23. The second-order valence-corrected chi connectivity index (χ2v) is 4.55. The van der Waals surface area contributed by atoms with Gasteiger partial charge in [0.15, 0.2) is 5.78 Å². The Labute approximate surface area is 125 Å². The molecule has 0 radical (unpaired) electrons. The van der Waals surface area contributed by atoms with Crippen molar-refractivity contribution in [2.45, 2.75) is 0 Å².